The zero-order valence-electron chi connectivity index (χ0n) is 9.71. The minimum absolute atomic E-state index is 0.0332. The number of hydrogen-bond acceptors (Lipinski definition) is 2. The van der Waals surface area contributed by atoms with Crippen LogP contribution in [0.1, 0.15) is 29.2 Å². The Morgan fingerprint density at radius 1 is 1.40 bits per heavy atom. The summed E-state index contributed by atoms with van der Waals surface area (Å²) in [6, 6.07) is 4.20. The van der Waals surface area contributed by atoms with E-state index in [0.717, 1.165) is 28.9 Å². The SMILES string of the molecule is C=CC[C@@H](N)c1cc(C)c(OC)c(C)c1. The number of rotatable bonds is 4. The van der Waals surface area contributed by atoms with Crippen molar-refractivity contribution in [3.8, 4) is 5.75 Å². The molecule has 2 N–H and O–H groups in total. The minimum atomic E-state index is 0.0332. The molecule has 0 aliphatic carbocycles. The quantitative estimate of drug-likeness (QED) is 0.767. The van der Waals surface area contributed by atoms with Crippen LogP contribution in [0.15, 0.2) is 24.8 Å². The third-order valence-corrected chi connectivity index (χ3v) is 2.54. The molecule has 0 saturated carbocycles. The number of ether oxygens (including phenoxy) is 1. The largest absolute Gasteiger partial charge is 0.496 e. The lowest BCUT2D eigenvalue weighted by atomic mass is 9.99. The summed E-state index contributed by atoms with van der Waals surface area (Å²) < 4.78 is 5.31. The number of nitrogens with two attached hydrogens (primary N) is 1. The van der Waals surface area contributed by atoms with E-state index >= 15 is 0 Å². The predicted molar refractivity (Wildman–Crippen MR) is 64.2 cm³/mol. The van der Waals surface area contributed by atoms with E-state index in [9.17, 15) is 0 Å². The molecule has 1 rings (SSSR count). The van der Waals surface area contributed by atoms with Gasteiger partial charge in [0.05, 0.1) is 7.11 Å². The van der Waals surface area contributed by atoms with Gasteiger partial charge >= 0.3 is 0 Å². The van der Waals surface area contributed by atoms with Crippen molar-refractivity contribution in [2.24, 2.45) is 5.73 Å². The number of aryl methyl sites for hydroxylation is 2. The number of methoxy groups -OCH3 is 1. The summed E-state index contributed by atoms with van der Waals surface area (Å²) in [4.78, 5) is 0. The van der Waals surface area contributed by atoms with Gasteiger partial charge in [-0.25, -0.2) is 0 Å². The van der Waals surface area contributed by atoms with E-state index in [2.05, 4.69) is 18.7 Å². The van der Waals surface area contributed by atoms with Crippen molar-refractivity contribution in [1.29, 1.82) is 0 Å². The van der Waals surface area contributed by atoms with E-state index in [-0.39, 0.29) is 6.04 Å². The second kappa shape index (κ2) is 4.99. The Morgan fingerprint density at radius 3 is 2.33 bits per heavy atom. The summed E-state index contributed by atoms with van der Waals surface area (Å²) in [7, 11) is 1.69. The fraction of sp³-hybridized carbons (Fsp3) is 0.385. The standard InChI is InChI=1S/C13H19NO/c1-5-6-12(14)11-7-9(2)13(15-4)10(3)8-11/h5,7-8,12H,1,6,14H2,2-4H3/t12-/m1/s1. The summed E-state index contributed by atoms with van der Waals surface area (Å²) >= 11 is 0. The third-order valence-electron chi connectivity index (χ3n) is 2.54. The molecule has 1 aromatic carbocycles. The molecular weight excluding hydrogens is 186 g/mol. The lowest BCUT2D eigenvalue weighted by molar-refractivity contribution is 0.408. The van der Waals surface area contributed by atoms with E-state index in [1.54, 1.807) is 7.11 Å². The Balaban J connectivity index is 3.07. The van der Waals surface area contributed by atoms with Crippen LogP contribution >= 0.6 is 0 Å². The first-order valence-electron chi connectivity index (χ1n) is 5.11. The molecule has 0 heterocycles. The normalized spacial score (nSPS) is 12.3. The Morgan fingerprint density at radius 2 is 1.93 bits per heavy atom. The van der Waals surface area contributed by atoms with Crippen LogP contribution in [-0.2, 0) is 0 Å². The molecule has 0 bridgehead atoms. The van der Waals surface area contributed by atoms with Crippen molar-refractivity contribution in [2.45, 2.75) is 26.3 Å². The Labute approximate surface area is 91.7 Å². The molecular formula is C13H19NO. The smallest absolute Gasteiger partial charge is 0.124 e. The molecule has 0 amide bonds. The summed E-state index contributed by atoms with van der Waals surface area (Å²) in [5.41, 5.74) is 9.43. The lowest BCUT2D eigenvalue weighted by Crippen LogP contribution is -2.10. The van der Waals surface area contributed by atoms with Crippen LogP contribution in [0.2, 0.25) is 0 Å². The van der Waals surface area contributed by atoms with Crippen molar-refractivity contribution in [2.75, 3.05) is 7.11 Å². The van der Waals surface area contributed by atoms with E-state index in [1.807, 2.05) is 19.9 Å². The van der Waals surface area contributed by atoms with Gasteiger partial charge in [-0.05, 0) is 37.0 Å². The fourth-order valence-electron chi connectivity index (χ4n) is 1.84. The first-order chi connectivity index (χ1) is 7.10. The number of benzene rings is 1. The number of hydrogen-bond donors (Lipinski definition) is 1. The molecule has 82 valence electrons. The van der Waals surface area contributed by atoms with Crippen LogP contribution in [0.4, 0.5) is 0 Å². The summed E-state index contributed by atoms with van der Waals surface area (Å²) in [5.74, 6) is 0.949. The third kappa shape index (κ3) is 2.60. The first kappa shape index (κ1) is 11.8. The molecule has 0 aliphatic rings. The van der Waals surface area contributed by atoms with Gasteiger partial charge < -0.3 is 10.5 Å². The van der Waals surface area contributed by atoms with Gasteiger partial charge in [-0.3, -0.25) is 0 Å². The Hall–Kier alpha value is -1.28. The Bertz CT molecular complexity index is 335. The summed E-state index contributed by atoms with van der Waals surface area (Å²) in [5, 5.41) is 0. The van der Waals surface area contributed by atoms with Crippen LogP contribution in [0, 0.1) is 13.8 Å². The average Bonchev–Trinajstić information content (AvgIpc) is 2.17. The molecule has 1 aromatic rings. The van der Waals surface area contributed by atoms with Gasteiger partial charge in [0.25, 0.3) is 0 Å². The molecule has 2 nitrogen and oxygen atoms in total. The van der Waals surface area contributed by atoms with E-state index in [0.29, 0.717) is 0 Å². The first-order valence-corrected chi connectivity index (χ1v) is 5.11. The van der Waals surface area contributed by atoms with Crippen LogP contribution in [0.5, 0.6) is 5.75 Å². The average molecular weight is 205 g/mol. The van der Waals surface area contributed by atoms with Gasteiger partial charge in [-0.1, -0.05) is 18.2 Å². The van der Waals surface area contributed by atoms with Gasteiger partial charge in [-0.2, -0.15) is 0 Å². The van der Waals surface area contributed by atoms with Crippen molar-refractivity contribution in [3.63, 3.8) is 0 Å². The van der Waals surface area contributed by atoms with Crippen LogP contribution in [0.25, 0.3) is 0 Å². The van der Waals surface area contributed by atoms with Gasteiger partial charge in [0, 0.05) is 6.04 Å². The molecule has 0 aliphatic heterocycles. The van der Waals surface area contributed by atoms with E-state index in [4.69, 9.17) is 10.5 Å². The molecule has 0 unspecified atom stereocenters. The van der Waals surface area contributed by atoms with Crippen LogP contribution in [0.3, 0.4) is 0 Å². The molecule has 0 aromatic heterocycles. The van der Waals surface area contributed by atoms with Crippen molar-refractivity contribution >= 4 is 0 Å². The summed E-state index contributed by atoms with van der Waals surface area (Å²) in [6.45, 7) is 7.78. The van der Waals surface area contributed by atoms with Gasteiger partial charge in [-0.15, -0.1) is 6.58 Å². The molecule has 1 atom stereocenters. The highest BCUT2D eigenvalue weighted by Gasteiger charge is 2.09. The zero-order chi connectivity index (χ0) is 11.4. The Kier molecular flexibility index (Phi) is 3.92. The maximum absolute atomic E-state index is 6.02. The van der Waals surface area contributed by atoms with Crippen LogP contribution < -0.4 is 10.5 Å². The van der Waals surface area contributed by atoms with Crippen molar-refractivity contribution in [1.82, 2.24) is 0 Å². The topological polar surface area (TPSA) is 35.2 Å². The highest BCUT2D eigenvalue weighted by Crippen LogP contribution is 2.27. The van der Waals surface area contributed by atoms with Crippen molar-refractivity contribution < 1.29 is 4.74 Å². The molecule has 15 heavy (non-hydrogen) atoms. The molecule has 0 saturated heterocycles. The van der Waals surface area contributed by atoms with Crippen LogP contribution in [-0.4, -0.2) is 7.11 Å². The highest BCUT2D eigenvalue weighted by atomic mass is 16.5. The molecule has 2 heteroatoms. The van der Waals surface area contributed by atoms with Gasteiger partial charge in [0.2, 0.25) is 0 Å². The maximum atomic E-state index is 6.02. The van der Waals surface area contributed by atoms with Gasteiger partial charge in [0.15, 0.2) is 0 Å². The molecule has 0 fully saturated rings. The van der Waals surface area contributed by atoms with E-state index < -0.39 is 0 Å². The second-order valence-electron chi connectivity index (χ2n) is 3.82. The highest BCUT2D eigenvalue weighted by molar-refractivity contribution is 5.44. The van der Waals surface area contributed by atoms with Crippen molar-refractivity contribution in [3.05, 3.63) is 41.5 Å². The fourth-order valence-corrected chi connectivity index (χ4v) is 1.84. The van der Waals surface area contributed by atoms with Gasteiger partial charge in [0.1, 0.15) is 5.75 Å². The second-order valence-corrected chi connectivity index (χ2v) is 3.82. The summed E-state index contributed by atoms with van der Waals surface area (Å²) in [6.07, 6.45) is 2.64. The molecule has 0 radical (unpaired) electrons. The maximum Gasteiger partial charge on any atom is 0.124 e. The minimum Gasteiger partial charge on any atom is -0.496 e. The predicted octanol–water partition coefficient (Wildman–Crippen LogP) is 2.89. The van der Waals surface area contributed by atoms with E-state index in [1.165, 1.54) is 0 Å². The monoisotopic (exact) mass is 205 g/mol. The lowest BCUT2D eigenvalue weighted by Gasteiger charge is -2.15. The molecule has 0 spiro atoms. The zero-order valence-corrected chi connectivity index (χ0v) is 9.71.